The predicted molar refractivity (Wildman–Crippen MR) is 67.6 cm³/mol. The smallest absolute Gasteiger partial charge is 0.177 e. The minimum Gasteiger partial charge on any atom is -0.340 e. The maximum absolute atomic E-state index is 11.4. The molecule has 0 amide bonds. The van der Waals surface area contributed by atoms with Crippen LogP contribution >= 0.6 is 15.9 Å². The molecule has 1 aliphatic rings. The molecule has 2 aromatic heterocycles. The fourth-order valence-corrected chi connectivity index (χ4v) is 4.18. The Kier molecular flexibility index (Phi) is 2.48. The summed E-state index contributed by atoms with van der Waals surface area (Å²) in [7, 11) is -2.88. The first kappa shape index (κ1) is 11.2. The van der Waals surface area contributed by atoms with Crippen molar-refractivity contribution in [1.29, 1.82) is 0 Å². The van der Waals surface area contributed by atoms with Gasteiger partial charge in [-0.3, -0.25) is 0 Å². The number of hydrogen-bond acceptors (Lipinski definition) is 4. The van der Waals surface area contributed by atoms with Crippen LogP contribution in [-0.4, -0.2) is 34.9 Å². The molecule has 1 aliphatic heterocycles. The zero-order chi connectivity index (χ0) is 12.0. The summed E-state index contributed by atoms with van der Waals surface area (Å²) in [5.41, 5.74) is 1.46. The SMILES string of the molecule is O=S1(=O)CCC(c2nc3ncc(Br)cc3[nH]2)C1. The summed E-state index contributed by atoms with van der Waals surface area (Å²) in [5.74, 6) is 1.15. The van der Waals surface area contributed by atoms with Gasteiger partial charge in [0.05, 0.1) is 17.0 Å². The molecule has 17 heavy (non-hydrogen) atoms. The van der Waals surface area contributed by atoms with Gasteiger partial charge in [0.15, 0.2) is 15.5 Å². The highest BCUT2D eigenvalue weighted by atomic mass is 79.9. The van der Waals surface area contributed by atoms with Gasteiger partial charge in [0.1, 0.15) is 5.82 Å². The third-order valence-electron chi connectivity index (χ3n) is 2.94. The molecule has 1 saturated heterocycles. The minimum absolute atomic E-state index is 0.0204. The van der Waals surface area contributed by atoms with Crippen molar-refractivity contribution in [2.75, 3.05) is 11.5 Å². The molecule has 1 unspecified atom stereocenters. The molecular weight excluding hydrogens is 306 g/mol. The van der Waals surface area contributed by atoms with Crippen LogP contribution in [0.3, 0.4) is 0 Å². The van der Waals surface area contributed by atoms with Crippen LogP contribution in [0.15, 0.2) is 16.7 Å². The number of sulfone groups is 1. The minimum atomic E-state index is -2.88. The zero-order valence-corrected chi connectivity index (χ0v) is 11.3. The number of aromatic amines is 1. The Hall–Kier alpha value is -0.950. The number of nitrogens with zero attached hydrogens (tertiary/aromatic N) is 2. The maximum Gasteiger partial charge on any atom is 0.177 e. The van der Waals surface area contributed by atoms with Gasteiger partial charge in [-0.25, -0.2) is 18.4 Å². The summed E-state index contributed by atoms with van der Waals surface area (Å²) >= 11 is 3.34. The van der Waals surface area contributed by atoms with Crippen LogP contribution < -0.4 is 0 Å². The topological polar surface area (TPSA) is 75.7 Å². The van der Waals surface area contributed by atoms with Gasteiger partial charge in [0.25, 0.3) is 0 Å². The standard InChI is InChI=1S/C10H10BrN3O2S/c11-7-3-8-10(12-4-7)14-9(13-8)6-1-2-17(15,16)5-6/h3-4,6H,1-2,5H2,(H,12,13,14). The van der Waals surface area contributed by atoms with Crippen LogP contribution in [0, 0.1) is 0 Å². The molecule has 5 nitrogen and oxygen atoms in total. The highest BCUT2D eigenvalue weighted by Crippen LogP contribution is 2.28. The molecule has 0 spiro atoms. The average molecular weight is 316 g/mol. The van der Waals surface area contributed by atoms with Crippen LogP contribution in [0.1, 0.15) is 18.2 Å². The molecule has 90 valence electrons. The molecule has 1 fully saturated rings. The number of aromatic nitrogens is 3. The van der Waals surface area contributed by atoms with Crippen molar-refractivity contribution in [2.24, 2.45) is 0 Å². The second-order valence-electron chi connectivity index (χ2n) is 4.25. The van der Waals surface area contributed by atoms with Gasteiger partial charge in [-0.2, -0.15) is 0 Å². The lowest BCUT2D eigenvalue weighted by Gasteiger charge is -2.00. The molecule has 0 aromatic carbocycles. The molecule has 0 aliphatic carbocycles. The van der Waals surface area contributed by atoms with E-state index in [1.54, 1.807) is 6.20 Å². The second-order valence-corrected chi connectivity index (χ2v) is 7.39. The molecule has 7 heteroatoms. The largest absolute Gasteiger partial charge is 0.340 e. The van der Waals surface area contributed by atoms with Crippen molar-refractivity contribution in [1.82, 2.24) is 15.0 Å². The first-order valence-corrected chi connectivity index (χ1v) is 7.86. The van der Waals surface area contributed by atoms with Gasteiger partial charge in [0, 0.05) is 16.6 Å². The van der Waals surface area contributed by atoms with Gasteiger partial charge >= 0.3 is 0 Å². The summed E-state index contributed by atoms with van der Waals surface area (Å²) in [6.07, 6.45) is 2.32. The van der Waals surface area contributed by atoms with E-state index in [2.05, 4.69) is 30.9 Å². The number of halogens is 1. The Labute approximate surface area is 107 Å². The highest BCUT2D eigenvalue weighted by molar-refractivity contribution is 9.10. The number of pyridine rings is 1. The first-order chi connectivity index (χ1) is 8.03. The summed E-state index contributed by atoms with van der Waals surface area (Å²) in [5, 5.41) is 0. The zero-order valence-electron chi connectivity index (χ0n) is 8.85. The maximum atomic E-state index is 11.4. The van der Waals surface area contributed by atoms with E-state index in [0.717, 1.165) is 15.8 Å². The first-order valence-electron chi connectivity index (χ1n) is 5.25. The van der Waals surface area contributed by atoms with Gasteiger partial charge in [-0.15, -0.1) is 0 Å². The fourth-order valence-electron chi connectivity index (χ4n) is 2.10. The Morgan fingerprint density at radius 1 is 1.47 bits per heavy atom. The van der Waals surface area contributed by atoms with E-state index in [1.807, 2.05) is 6.07 Å². The molecule has 0 saturated carbocycles. The van der Waals surface area contributed by atoms with Crippen LogP contribution in [0.25, 0.3) is 11.2 Å². The van der Waals surface area contributed by atoms with Gasteiger partial charge in [-0.05, 0) is 28.4 Å². The van der Waals surface area contributed by atoms with E-state index < -0.39 is 9.84 Å². The Morgan fingerprint density at radius 2 is 2.29 bits per heavy atom. The molecule has 0 radical (unpaired) electrons. The summed E-state index contributed by atoms with van der Waals surface area (Å²) in [6, 6.07) is 1.89. The van der Waals surface area contributed by atoms with Crippen LogP contribution in [0.5, 0.6) is 0 Å². The van der Waals surface area contributed by atoms with Crippen molar-refractivity contribution >= 4 is 36.9 Å². The number of H-pyrrole nitrogens is 1. The number of nitrogens with one attached hydrogen (secondary N) is 1. The summed E-state index contributed by atoms with van der Waals surface area (Å²) in [6.45, 7) is 0. The highest BCUT2D eigenvalue weighted by Gasteiger charge is 2.31. The molecule has 1 N–H and O–H groups in total. The lowest BCUT2D eigenvalue weighted by Crippen LogP contribution is -2.04. The van der Waals surface area contributed by atoms with E-state index >= 15 is 0 Å². The van der Waals surface area contributed by atoms with Crippen molar-refractivity contribution in [2.45, 2.75) is 12.3 Å². The van der Waals surface area contributed by atoms with E-state index in [4.69, 9.17) is 0 Å². The average Bonchev–Trinajstić information content (AvgIpc) is 2.80. The lowest BCUT2D eigenvalue weighted by atomic mass is 10.1. The quantitative estimate of drug-likeness (QED) is 0.867. The van der Waals surface area contributed by atoms with Crippen molar-refractivity contribution in [3.8, 4) is 0 Å². The van der Waals surface area contributed by atoms with Gasteiger partial charge in [0.2, 0.25) is 0 Å². The van der Waals surface area contributed by atoms with Crippen LogP contribution in [0.2, 0.25) is 0 Å². The van der Waals surface area contributed by atoms with E-state index in [1.165, 1.54) is 0 Å². The number of imidazole rings is 1. The normalized spacial score (nSPS) is 23.2. The third kappa shape index (κ3) is 2.09. The van der Waals surface area contributed by atoms with Crippen molar-refractivity contribution in [3.63, 3.8) is 0 Å². The predicted octanol–water partition coefficient (Wildman–Crippen LogP) is 1.62. The monoisotopic (exact) mass is 315 g/mol. The summed E-state index contributed by atoms with van der Waals surface area (Å²) < 4.78 is 23.7. The molecular formula is C10H10BrN3O2S. The molecule has 2 aromatic rings. The van der Waals surface area contributed by atoms with Gasteiger partial charge in [-0.1, -0.05) is 0 Å². The van der Waals surface area contributed by atoms with Crippen molar-refractivity contribution in [3.05, 3.63) is 22.6 Å². The Bertz CT molecular complexity index is 680. The number of hydrogen-bond donors (Lipinski definition) is 1. The second kappa shape index (κ2) is 3.78. The van der Waals surface area contributed by atoms with E-state index in [0.29, 0.717) is 12.1 Å². The summed E-state index contributed by atoms with van der Waals surface area (Å²) in [4.78, 5) is 11.7. The van der Waals surface area contributed by atoms with E-state index in [9.17, 15) is 8.42 Å². The van der Waals surface area contributed by atoms with Gasteiger partial charge < -0.3 is 4.98 Å². The Balaban J connectivity index is 2.02. The van der Waals surface area contributed by atoms with Crippen molar-refractivity contribution < 1.29 is 8.42 Å². The number of fused-ring (bicyclic) bond motifs is 1. The van der Waals surface area contributed by atoms with Crippen LogP contribution in [0.4, 0.5) is 0 Å². The molecule has 0 bridgehead atoms. The fraction of sp³-hybridized carbons (Fsp3) is 0.400. The third-order valence-corrected chi connectivity index (χ3v) is 5.14. The van der Waals surface area contributed by atoms with Crippen LogP contribution in [-0.2, 0) is 9.84 Å². The lowest BCUT2D eigenvalue weighted by molar-refractivity contribution is 0.601. The van der Waals surface area contributed by atoms with E-state index in [-0.39, 0.29) is 17.4 Å². The Morgan fingerprint density at radius 3 is 3.00 bits per heavy atom. The molecule has 3 rings (SSSR count). The number of rotatable bonds is 1. The molecule has 1 atom stereocenters. The molecule has 3 heterocycles.